The van der Waals surface area contributed by atoms with Crippen LogP contribution in [-0.4, -0.2) is 34.3 Å². The van der Waals surface area contributed by atoms with E-state index in [-0.39, 0.29) is 17.2 Å². The molecule has 0 saturated carbocycles. The minimum atomic E-state index is -3.66. The molecule has 7 nitrogen and oxygen atoms in total. The number of nitrogens with zero attached hydrogens (tertiary/aromatic N) is 1. The van der Waals surface area contributed by atoms with Crippen LogP contribution in [0.4, 0.5) is 0 Å². The molecule has 0 aliphatic carbocycles. The van der Waals surface area contributed by atoms with Crippen molar-refractivity contribution in [2.45, 2.75) is 25.2 Å². The molecule has 0 aliphatic heterocycles. The smallest absolute Gasteiger partial charge is 0.245 e. The van der Waals surface area contributed by atoms with Crippen LogP contribution in [-0.2, 0) is 16.4 Å². The molecule has 23 heavy (non-hydrogen) atoms. The van der Waals surface area contributed by atoms with E-state index in [1.165, 1.54) is 0 Å². The number of rotatable bonds is 7. The highest BCUT2D eigenvalue weighted by molar-refractivity contribution is 7.89. The maximum atomic E-state index is 12.3. The molecule has 1 aromatic heterocycles. The highest BCUT2D eigenvalue weighted by atomic mass is 32.2. The summed E-state index contributed by atoms with van der Waals surface area (Å²) in [6.07, 6.45) is 0.461. The first-order valence-electron chi connectivity index (χ1n) is 7.03. The fraction of sp³-hybridized carbons (Fsp3) is 0.400. The van der Waals surface area contributed by atoms with Crippen molar-refractivity contribution in [2.75, 3.05) is 20.8 Å². The summed E-state index contributed by atoms with van der Waals surface area (Å²) in [7, 11) is -0.554. The van der Waals surface area contributed by atoms with Crippen LogP contribution in [0.15, 0.2) is 27.6 Å². The predicted octanol–water partition coefficient (Wildman–Crippen LogP) is 1.83. The molecule has 0 spiro atoms. The number of ether oxygens (including phenoxy) is 2. The van der Waals surface area contributed by atoms with Gasteiger partial charge in [-0.1, -0.05) is 17.3 Å². The van der Waals surface area contributed by atoms with Gasteiger partial charge < -0.3 is 14.0 Å². The van der Waals surface area contributed by atoms with Crippen LogP contribution in [0.3, 0.4) is 0 Å². The Morgan fingerprint density at radius 3 is 2.52 bits per heavy atom. The van der Waals surface area contributed by atoms with E-state index in [1.807, 2.05) is 12.1 Å². The molecule has 8 heteroatoms. The highest BCUT2D eigenvalue weighted by Gasteiger charge is 2.23. The number of hydrogen-bond donors (Lipinski definition) is 1. The molecule has 0 fully saturated rings. The molecule has 0 amide bonds. The van der Waals surface area contributed by atoms with Crippen molar-refractivity contribution < 1.29 is 22.4 Å². The molecule has 0 radical (unpaired) electrons. The topological polar surface area (TPSA) is 90.7 Å². The number of methoxy groups -OCH3 is 2. The molecule has 0 unspecified atom stereocenters. The molecule has 0 bridgehead atoms. The fourth-order valence-electron chi connectivity index (χ4n) is 2.40. The van der Waals surface area contributed by atoms with Crippen molar-refractivity contribution in [3.05, 3.63) is 35.2 Å². The van der Waals surface area contributed by atoms with Crippen LogP contribution in [0, 0.1) is 13.8 Å². The number of aromatic nitrogens is 1. The summed E-state index contributed by atoms with van der Waals surface area (Å²) in [4.78, 5) is 0.0927. The number of nitrogens with one attached hydrogen (secondary N) is 1. The van der Waals surface area contributed by atoms with Crippen LogP contribution < -0.4 is 14.2 Å². The van der Waals surface area contributed by atoms with Gasteiger partial charge in [-0.15, -0.1) is 0 Å². The van der Waals surface area contributed by atoms with Crippen molar-refractivity contribution in [1.82, 2.24) is 9.88 Å². The lowest BCUT2D eigenvalue weighted by atomic mass is 10.1. The first kappa shape index (κ1) is 17.3. The zero-order valence-electron chi connectivity index (χ0n) is 13.5. The maximum absolute atomic E-state index is 12.3. The lowest BCUT2D eigenvalue weighted by Gasteiger charge is -2.13. The maximum Gasteiger partial charge on any atom is 0.245 e. The quantitative estimate of drug-likeness (QED) is 0.827. The van der Waals surface area contributed by atoms with Gasteiger partial charge in [0.15, 0.2) is 17.3 Å². The van der Waals surface area contributed by atoms with Gasteiger partial charge in [0.25, 0.3) is 0 Å². The Morgan fingerprint density at radius 1 is 1.22 bits per heavy atom. The van der Waals surface area contributed by atoms with E-state index in [9.17, 15) is 8.42 Å². The summed E-state index contributed by atoms with van der Waals surface area (Å²) in [6, 6.07) is 5.49. The molecule has 1 aromatic carbocycles. The van der Waals surface area contributed by atoms with Crippen molar-refractivity contribution in [1.29, 1.82) is 0 Å². The van der Waals surface area contributed by atoms with Gasteiger partial charge in [-0.3, -0.25) is 0 Å². The van der Waals surface area contributed by atoms with Gasteiger partial charge in [-0.25, -0.2) is 13.1 Å². The van der Waals surface area contributed by atoms with Gasteiger partial charge in [0, 0.05) is 6.54 Å². The first-order chi connectivity index (χ1) is 10.9. The second kappa shape index (κ2) is 7.01. The number of sulfonamides is 1. The monoisotopic (exact) mass is 340 g/mol. The van der Waals surface area contributed by atoms with E-state index in [0.717, 1.165) is 5.56 Å². The molecule has 2 aromatic rings. The van der Waals surface area contributed by atoms with Crippen LogP contribution >= 0.6 is 0 Å². The van der Waals surface area contributed by atoms with E-state index >= 15 is 0 Å². The van der Waals surface area contributed by atoms with E-state index in [4.69, 9.17) is 14.0 Å². The molecule has 0 saturated heterocycles. The third-order valence-corrected chi connectivity index (χ3v) is 5.11. The third-order valence-electron chi connectivity index (χ3n) is 3.41. The zero-order valence-corrected chi connectivity index (χ0v) is 14.4. The minimum absolute atomic E-state index is 0.0927. The van der Waals surface area contributed by atoms with Crippen molar-refractivity contribution in [2.24, 2.45) is 0 Å². The summed E-state index contributed by atoms with van der Waals surface area (Å²) in [5, 5.41) is 3.67. The summed E-state index contributed by atoms with van der Waals surface area (Å²) in [5.41, 5.74) is 1.20. The Bertz CT molecular complexity index is 764. The number of aryl methyl sites for hydroxylation is 2. The normalized spacial score (nSPS) is 11.5. The molecule has 2 rings (SSSR count). The first-order valence-corrected chi connectivity index (χ1v) is 8.51. The van der Waals surface area contributed by atoms with Gasteiger partial charge >= 0.3 is 0 Å². The second-order valence-corrected chi connectivity index (χ2v) is 6.66. The van der Waals surface area contributed by atoms with Gasteiger partial charge in [-0.2, -0.15) is 0 Å². The average molecular weight is 340 g/mol. The lowest BCUT2D eigenvalue weighted by Crippen LogP contribution is -2.27. The van der Waals surface area contributed by atoms with Crippen LogP contribution in [0.25, 0.3) is 0 Å². The zero-order chi connectivity index (χ0) is 17.0. The van der Waals surface area contributed by atoms with E-state index in [2.05, 4.69) is 9.88 Å². The average Bonchev–Trinajstić information content (AvgIpc) is 2.86. The van der Waals surface area contributed by atoms with Crippen molar-refractivity contribution >= 4 is 10.0 Å². The van der Waals surface area contributed by atoms with Crippen molar-refractivity contribution in [3.8, 4) is 11.5 Å². The second-order valence-electron chi connectivity index (χ2n) is 4.95. The highest BCUT2D eigenvalue weighted by Crippen LogP contribution is 2.30. The SMILES string of the molecule is COc1cccc(CCNS(=O)(=O)c2c(C)noc2C)c1OC. The summed E-state index contributed by atoms with van der Waals surface area (Å²) < 4.78 is 42.7. The molecular weight excluding hydrogens is 320 g/mol. The van der Waals surface area contributed by atoms with E-state index < -0.39 is 10.0 Å². The van der Waals surface area contributed by atoms with Crippen LogP contribution in [0.1, 0.15) is 17.0 Å². The van der Waals surface area contributed by atoms with Gasteiger partial charge in [-0.05, 0) is 31.9 Å². The number of para-hydroxylation sites is 1. The fourth-order valence-corrected chi connectivity index (χ4v) is 3.76. The van der Waals surface area contributed by atoms with Crippen molar-refractivity contribution in [3.63, 3.8) is 0 Å². The summed E-state index contributed by atoms with van der Waals surface area (Å²) >= 11 is 0. The van der Waals surface area contributed by atoms with Gasteiger partial charge in [0.2, 0.25) is 10.0 Å². The third kappa shape index (κ3) is 3.65. The summed E-state index contributed by atoms with van der Waals surface area (Å²) in [5.74, 6) is 1.49. The Balaban J connectivity index is 2.11. The van der Waals surface area contributed by atoms with E-state index in [0.29, 0.717) is 23.6 Å². The molecule has 1 heterocycles. The predicted molar refractivity (Wildman–Crippen MR) is 84.4 cm³/mol. The Hall–Kier alpha value is -2.06. The van der Waals surface area contributed by atoms with Gasteiger partial charge in [0.05, 0.1) is 14.2 Å². The van der Waals surface area contributed by atoms with Crippen LogP contribution in [0.5, 0.6) is 11.5 Å². The lowest BCUT2D eigenvalue weighted by molar-refractivity contribution is 0.351. The minimum Gasteiger partial charge on any atom is -0.493 e. The summed E-state index contributed by atoms with van der Waals surface area (Å²) in [6.45, 7) is 3.38. The molecule has 126 valence electrons. The van der Waals surface area contributed by atoms with Crippen LogP contribution in [0.2, 0.25) is 0 Å². The van der Waals surface area contributed by atoms with E-state index in [1.54, 1.807) is 34.1 Å². The number of benzene rings is 1. The molecule has 0 atom stereocenters. The molecular formula is C15H20N2O5S. The largest absolute Gasteiger partial charge is 0.493 e. The van der Waals surface area contributed by atoms with Gasteiger partial charge in [0.1, 0.15) is 10.6 Å². The Kier molecular flexibility index (Phi) is 5.27. The molecule has 0 aliphatic rings. The molecule has 1 N–H and O–H groups in total. The Labute approximate surface area is 135 Å². The Morgan fingerprint density at radius 2 is 1.96 bits per heavy atom. The number of hydrogen-bond acceptors (Lipinski definition) is 6. The standard InChI is InChI=1S/C15H20N2O5S/c1-10-15(11(2)22-17-10)23(18,19)16-9-8-12-6-5-7-13(20-3)14(12)21-4/h5-7,16H,8-9H2,1-4H3.